The first-order valence-corrected chi connectivity index (χ1v) is 10.1. The Kier molecular flexibility index (Phi) is 4.65. The zero-order chi connectivity index (χ0) is 20.7. The van der Waals surface area contributed by atoms with Gasteiger partial charge in [0, 0.05) is 24.9 Å². The Balaban J connectivity index is 1.37. The number of likely N-dealkylation sites (tertiary alicyclic amines) is 1. The van der Waals surface area contributed by atoms with Crippen molar-refractivity contribution in [1.82, 2.24) is 15.0 Å². The van der Waals surface area contributed by atoms with Gasteiger partial charge in [0.25, 0.3) is 5.89 Å². The first-order chi connectivity index (χ1) is 14.7. The number of aryl methyl sites for hydroxylation is 1. The Morgan fingerprint density at radius 3 is 2.83 bits per heavy atom. The van der Waals surface area contributed by atoms with E-state index in [0.29, 0.717) is 41.7 Å². The highest BCUT2D eigenvalue weighted by Gasteiger charge is 2.40. The lowest BCUT2D eigenvalue weighted by Crippen LogP contribution is -2.28. The van der Waals surface area contributed by atoms with Gasteiger partial charge in [-0.1, -0.05) is 29.4 Å². The molecule has 2 atom stereocenters. The van der Waals surface area contributed by atoms with E-state index in [0.717, 1.165) is 12.8 Å². The predicted molar refractivity (Wildman–Crippen MR) is 109 cm³/mol. The van der Waals surface area contributed by atoms with Crippen molar-refractivity contribution in [2.45, 2.75) is 31.2 Å². The molecule has 2 aliphatic rings. The van der Waals surface area contributed by atoms with Crippen LogP contribution in [0.25, 0.3) is 11.5 Å². The first-order valence-electron chi connectivity index (χ1n) is 10.1. The van der Waals surface area contributed by atoms with Crippen LogP contribution in [-0.4, -0.2) is 41.7 Å². The molecule has 1 aromatic heterocycles. The summed E-state index contributed by atoms with van der Waals surface area (Å²) < 4.78 is 16.2. The summed E-state index contributed by atoms with van der Waals surface area (Å²) in [5.41, 5.74) is 3.30. The fourth-order valence-electron chi connectivity index (χ4n) is 4.55. The molecule has 1 fully saturated rings. The van der Waals surface area contributed by atoms with Gasteiger partial charge in [0.05, 0.1) is 25.8 Å². The van der Waals surface area contributed by atoms with Gasteiger partial charge in [-0.05, 0) is 36.1 Å². The minimum absolute atomic E-state index is 0.0768. The van der Waals surface area contributed by atoms with E-state index in [-0.39, 0.29) is 17.9 Å². The van der Waals surface area contributed by atoms with E-state index in [9.17, 15) is 4.79 Å². The molecule has 5 rings (SSSR count). The molecule has 0 spiro atoms. The lowest BCUT2D eigenvalue weighted by atomic mass is 10.1. The van der Waals surface area contributed by atoms with Crippen LogP contribution in [0.3, 0.4) is 0 Å². The van der Waals surface area contributed by atoms with Crippen LogP contribution in [0, 0.1) is 0 Å². The molecule has 1 aliphatic heterocycles. The van der Waals surface area contributed by atoms with Crippen molar-refractivity contribution in [3.8, 4) is 23.0 Å². The summed E-state index contributed by atoms with van der Waals surface area (Å²) in [7, 11) is 3.19. The van der Waals surface area contributed by atoms with Crippen molar-refractivity contribution in [3.05, 3.63) is 59.4 Å². The molecule has 2 aromatic carbocycles. The second kappa shape index (κ2) is 7.48. The minimum Gasteiger partial charge on any atom is -0.497 e. The second-order valence-corrected chi connectivity index (χ2v) is 7.72. The Morgan fingerprint density at radius 1 is 1.13 bits per heavy atom. The Hall–Kier alpha value is -3.35. The number of fused-ring (bicyclic) bond motifs is 1. The molecule has 0 bridgehead atoms. The van der Waals surface area contributed by atoms with Gasteiger partial charge < -0.3 is 18.9 Å². The van der Waals surface area contributed by atoms with E-state index >= 15 is 0 Å². The van der Waals surface area contributed by atoms with E-state index in [1.165, 1.54) is 11.1 Å². The number of hydrogen-bond acceptors (Lipinski definition) is 6. The van der Waals surface area contributed by atoms with E-state index in [4.69, 9.17) is 14.0 Å². The van der Waals surface area contributed by atoms with E-state index in [1.807, 2.05) is 23.1 Å². The number of aromatic nitrogens is 2. The smallest absolute Gasteiger partial charge is 0.261 e. The predicted octanol–water partition coefficient (Wildman–Crippen LogP) is 3.76. The van der Waals surface area contributed by atoms with Crippen molar-refractivity contribution in [1.29, 1.82) is 0 Å². The lowest BCUT2D eigenvalue weighted by molar-refractivity contribution is -0.129. The van der Waals surface area contributed by atoms with E-state index < -0.39 is 0 Å². The molecule has 0 saturated carbocycles. The Morgan fingerprint density at radius 2 is 2.00 bits per heavy atom. The molecule has 7 nitrogen and oxygen atoms in total. The summed E-state index contributed by atoms with van der Waals surface area (Å²) in [6.07, 6.45) is 2.38. The fourth-order valence-corrected chi connectivity index (χ4v) is 4.55. The molecule has 2 heterocycles. The van der Waals surface area contributed by atoms with Gasteiger partial charge in [-0.3, -0.25) is 4.79 Å². The van der Waals surface area contributed by atoms with E-state index in [1.54, 1.807) is 20.3 Å². The van der Waals surface area contributed by atoms with Crippen molar-refractivity contribution >= 4 is 5.91 Å². The first kappa shape index (κ1) is 18.7. The summed E-state index contributed by atoms with van der Waals surface area (Å²) in [5.74, 6) is 2.29. The normalized spacial score (nSPS) is 20.5. The van der Waals surface area contributed by atoms with Gasteiger partial charge >= 0.3 is 0 Å². The summed E-state index contributed by atoms with van der Waals surface area (Å²) >= 11 is 0. The molecule has 1 saturated heterocycles. The number of rotatable bonds is 5. The van der Waals surface area contributed by atoms with Gasteiger partial charge in [0.2, 0.25) is 5.91 Å². The van der Waals surface area contributed by atoms with Gasteiger partial charge in [-0.25, -0.2) is 0 Å². The molecule has 7 heteroatoms. The highest BCUT2D eigenvalue weighted by atomic mass is 16.5. The summed E-state index contributed by atoms with van der Waals surface area (Å²) in [5, 5.41) is 4.18. The van der Waals surface area contributed by atoms with Crippen molar-refractivity contribution < 1.29 is 18.8 Å². The third-order valence-electron chi connectivity index (χ3n) is 6.08. The zero-order valence-corrected chi connectivity index (χ0v) is 17.0. The van der Waals surface area contributed by atoms with Crippen LogP contribution in [0.15, 0.2) is 47.0 Å². The largest absolute Gasteiger partial charge is 0.497 e. The number of benzene rings is 2. The molecular formula is C23H23N3O4. The standard InChI is InChI=1S/C23H23N3O4/c1-28-16-8-9-18(20(12-16)29-2)23-24-22(25-30-23)15-11-21(27)26(13-15)19-10-7-14-5-3-4-6-17(14)19/h3-6,8-9,12,15,19H,7,10-11,13H2,1-2H3. The number of carbonyl (C=O) groups is 1. The number of ether oxygens (including phenoxy) is 2. The molecule has 154 valence electrons. The minimum atomic E-state index is -0.0768. The van der Waals surface area contributed by atoms with Gasteiger partial charge in [-0.15, -0.1) is 0 Å². The van der Waals surface area contributed by atoms with Gasteiger partial charge in [0.15, 0.2) is 5.82 Å². The maximum atomic E-state index is 12.8. The highest BCUT2D eigenvalue weighted by Crippen LogP contribution is 2.41. The molecule has 1 aliphatic carbocycles. The fraction of sp³-hybridized carbons (Fsp3) is 0.348. The average molecular weight is 405 g/mol. The zero-order valence-electron chi connectivity index (χ0n) is 17.0. The monoisotopic (exact) mass is 405 g/mol. The molecule has 0 N–H and O–H groups in total. The van der Waals surface area contributed by atoms with E-state index in [2.05, 4.69) is 28.3 Å². The summed E-state index contributed by atoms with van der Waals surface area (Å²) in [6.45, 7) is 0.608. The van der Waals surface area contributed by atoms with Gasteiger partial charge in [-0.2, -0.15) is 4.98 Å². The Bertz CT molecular complexity index is 1090. The number of hydrogen-bond donors (Lipinski definition) is 0. The second-order valence-electron chi connectivity index (χ2n) is 7.72. The van der Waals surface area contributed by atoms with Crippen LogP contribution in [0.4, 0.5) is 0 Å². The van der Waals surface area contributed by atoms with Crippen LogP contribution in [0.2, 0.25) is 0 Å². The number of amides is 1. The molecule has 30 heavy (non-hydrogen) atoms. The molecule has 3 aromatic rings. The van der Waals surface area contributed by atoms with Crippen LogP contribution in [0.5, 0.6) is 11.5 Å². The van der Waals surface area contributed by atoms with Crippen LogP contribution >= 0.6 is 0 Å². The third kappa shape index (κ3) is 3.10. The van der Waals surface area contributed by atoms with Crippen LogP contribution in [0.1, 0.15) is 41.8 Å². The van der Waals surface area contributed by atoms with Crippen LogP contribution < -0.4 is 9.47 Å². The maximum absolute atomic E-state index is 12.8. The quantitative estimate of drug-likeness (QED) is 0.643. The highest BCUT2D eigenvalue weighted by molar-refractivity contribution is 5.80. The topological polar surface area (TPSA) is 77.7 Å². The molecule has 0 radical (unpaired) electrons. The average Bonchev–Trinajstić information content (AvgIpc) is 3.51. The van der Waals surface area contributed by atoms with Crippen molar-refractivity contribution in [3.63, 3.8) is 0 Å². The van der Waals surface area contributed by atoms with Gasteiger partial charge in [0.1, 0.15) is 11.5 Å². The number of carbonyl (C=O) groups excluding carboxylic acids is 1. The SMILES string of the molecule is COc1ccc(-c2nc(C3CC(=O)N(C4CCc5ccccc54)C3)no2)c(OC)c1. The van der Waals surface area contributed by atoms with Crippen molar-refractivity contribution in [2.75, 3.05) is 20.8 Å². The molecule has 1 amide bonds. The third-order valence-corrected chi connectivity index (χ3v) is 6.08. The number of methoxy groups -OCH3 is 2. The maximum Gasteiger partial charge on any atom is 0.261 e. The van der Waals surface area contributed by atoms with Crippen LogP contribution in [-0.2, 0) is 11.2 Å². The molecule has 2 unspecified atom stereocenters. The molecular weight excluding hydrogens is 382 g/mol. The Labute approximate surface area is 174 Å². The number of nitrogens with zero attached hydrogens (tertiary/aromatic N) is 3. The van der Waals surface area contributed by atoms with Crippen molar-refractivity contribution in [2.24, 2.45) is 0 Å². The lowest BCUT2D eigenvalue weighted by Gasteiger charge is -2.25. The summed E-state index contributed by atoms with van der Waals surface area (Å²) in [4.78, 5) is 19.4. The summed E-state index contributed by atoms with van der Waals surface area (Å²) in [6, 6.07) is 14.0.